The predicted octanol–water partition coefficient (Wildman–Crippen LogP) is 13.3. The maximum atomic E-state index is 7.05. The van der Waals surface area contributed by atoms with Gasteiger partial charge in [0.1, 0.15) is 23.2 Å². The molecule has 1 fully saturated rings. The molecule has 2 heterocycles. The molecule has 0 radical (unpaired) electrons. The first-order valence-electron chi connectivity index (χ1n) is 17.6. The molecular formula is C45H48O2P2. The van der Waals surface area contributed by atoms with E-state index in [1.165, 1.54) is 89.0 Å². The van der Waals surface area contributed by atoms with Crippen molar-refractivity contribution in [3.05, 3.63) is 129 Å². The zero-order valence-electron chi connectivity index (χ0n) is 30.2. The van der Waals surface area contributed by atoms with Crippen LogP contribution in [0.2, 0.25) is 0 Å². The molecule has 4 aromatic carbocycles. The van der Waals surface area contributed by atoms with Gasteiger partial charge in [-0.25, -0.2) is 0 Å². The van der Waals surface area contributed by atoms with E-state index < -0.39 is 0 Å². The number of hydrogen-bond donors (Lipinski definition) is 0. The second-order valence-corrected chi connectivity index (χ2v) is 16.2. The Hall–Kier alpha value is -3.96. The number of rotatable bonds is 8. The van der Waals surface area contributed by atoms with Crippen LogP contribution in [-0.2, 0) is 0 Å². The Morgan fingerprint density at radius 2 is 0.755 bits per heavy atom. The Morgan fingerprint density at radius 3 is 1.12 bits per heavy atom. The van der Waals surface area contributed by atoms with Crippen molar-refractivity contribution in [2.75, 3.05) is 0 Å². The normalized spacial score (nSPS) is 16.2. The summed E-state index contributed by atoms with van der Waals surface area (Å²) in [6.45, 7) is 17.8. The fourth-order valence-electron chi connectivity index (χ4n) is 7.53. The summed E-state index contributed by atoms with van der Waals surface area (Å²) in [6.07, 6.45) is 3.19. The van der Waals surface area contributed by atoms with Crippen molar-refractivity contribution in [1.29, 1.82) is 0 Å². The largest absolute Gasteiger partial charge is 0.486 e. The van der Waals surface area contributed by atoms with Crippen molar-refractivity contribution in [3.8, 4) is 55.5 Å². The molecule has 2 nitrogen and oxygen atoms in total. The molecule has 0 amide bonds. The molecule has 7 rings (SSSR count). The minimum atomic E-state index is 0.139. The Morgan fingerprint density at radius 1 is 0.429 bits per heavy atom. The highest BCUT2D eigenvalue weighted by Crippen LogP contribution is 2.52. The molecule has 0 spiro atoms. The third kappa shape index (κ3) is 6.31. The van der Waals surface area contributed by atoms with Gasteiger partial charge in [0.25, 0.3) is 0 Å². The van der Waals surface area contributed by atoms with Crippen LogP contribution in [0.15, 0.2) is 84.4 Å². The van der Waals surface area contributed by atoms with E-state index in [-0.39, 0.29) is 12.2 Å². The van der Waals surface area contributed by atoms with Crippen LogP contribution in [0.4, 0.5) is 0 Å². The Balaban J connectivity index is 1.20. The number of ether oxygens (including phenoxy) is 2. The van der Waals surface area contributed by atoms with Crippen molar-refractivity contribution in [1.82, 2.24) is 0 Å². The van der Waals surface area contributed by atoms with Crippen LogP contribution in [-0.4, -0.2) is 12.2 Å². The Kier molecular flexibility index (Phi) is 9.41. The van der Waals surface area contributed by atoms with Crippen molar-refractivity contribution >= 4 is 16.4 Å². The zero-order chi connectivity index (χ0) is 34.4. The third-order valence-electron chi connectivity index (χ3n) is 11.1. The molecule has 6 aromatic rings. The summed E-state index contributed by atoms with van der Waals surface area (Å²) in [5.74, 6) is 4.83. The molecule has 0 saturated heterocycles. The molecule has 2 aromatic heterocycles. The highest BCUT2D eigenvalue weighted by atomic mass is 31.0. The van der Waals surface area contributed by atoms with Gasteiger partial charge < -0.3 is 9.47 Å². The van der Waals surface area contributed by atoms with E-state index in [1.54, 1.807) is 0 Å². The van der Waals surface area contributed by atoms with E-state index >= 15 is 0 Å². The van der Waals surface area contributed by atoms with Gasteiger partial charge in [-0.15, -0.1) is 0 Å². The molecule has 250 valence electrons. The molecular weight excluding hydrogens is 634 g/mol. The smallest absolute Gasteiger partial charge is 0.143 e. The lowest BCUT2D eigenvalue weighted by atomic mass is 9.91. The van der Waals surface area contributed by atoms with E-state index in [0.717, 1.165) is 30.2 Å². The molecule has 1 aliphatic rings. The maximum absolute atomic E-state index is 7.05. The average molecular weight is 683 g/mol. The van der Waals surface area contributed by atoms with Crippen molar-refractivity contribution in [2.45, 2.75) is 86.9 Å². The predicted molar refractivity (Wildman–Crippen MR) is 214 cm³/mol. The van der Waals surface area contributed by atoms with E-state index in [4.69, 9.17) is 9.47 Å². The molecule has 4 heteroatoms. The zero-order valence-corrected chi connectivity index (χ0v) is 32.2. The van der Waals surface area contributed by atoms with Crippen LogP contribution in [0.25, 0.3) is 44.5 Å². The lowest BCUT2D eigenvalue weighted by Gasteiger charge is -2.20. The van der Waals surface area contributed by atoms with Crippen LogP contribution in [0, 0.1) is 55.4 Å². The molecule has 4 atom stereocenters. The van der Waals surface area contributed by atoms with Gasteiger partial charge in [0.05, 0.1) is 0 Å². The van der Waals surface area contributed by atoms with Gasteiger partial charge >= 0.3 is 0 Å². The highest BCUT2D eigenvalue weighted by molar-refractivity contribution is 7.33. The summed E-state index contributed by atoms with van der Waals surface area (Å²) in [4.78, 5) is 0. The average Bonchev–Trinajstić information content (AvgIpc) is 3.82. The van der Waals surface area contributed by atoms with Crippen molar-refractivity contribution < 1.29 is 9.47 Å². The minimum Gasteiger partial charge on any atom is -0.486 e. The van der Waals surface area contributed by atoms with Gasteiger partial charge in [0.15, 0.2) is 0 Å². The minimum absolute atomic E-state index is 0.139. The van der Waals surface area contributed by atoms with Gasteiger partial charge in [-0.2, -0.15) is 0 Å². The fraction of sp³-hybridized carbons (Fsp3) is 0.289. The van der Waals surface area contributed by atoms with E-state index in [1.807, 2.05) is 0 Å². The van der Waals surface area contributed by atoms with Gasteiger partial charge in [-0.05, 0) is 158 Å². The summed E-state index contributed by atoms with van der Waals surface area (Å²) >= 11 is 0. The lowest BCUT2D eigenvalue weighted by Crippen LogP contribution is -2.17. The molecule has 0 bridgehead atoms. The van der Waals surface area contributed by atoms with Crippen LogP contribution in [0.5, 0.6) is 11.0 Å². The quantitative estimate of drug-likeness (QED) is 0.159. The monoisotopic (exact) mass is 682 g/mol. The van der Waals surface area contributed by atoms with Gasteiger partial charge in [-0.3, -0.25) is 0 Å². The molecule has 1 saturated carbocycles. The first kappa shape index (κ1) is 33.5. The molecule has 0 aliphatic heterocycles. The topological polar surface area (TPSA) is 18.5 Å². The van der Waals surface area contributed by atoms with Crippen LogP contribution < -0.4 is 9.47 Å². The van der Waals surface area contributed by atoms with Crippen LogP contribution in [0.1, 0.15) is 63.8 Å². The molecule has 4 unspecified atom stereocenters. The van der Waals surface area contributed by atoms with Crippen molar-refractivity contribution in [2.24, 2.45) is 0 Å². The second kappa shape index (κ2) is 13.7. The van der Waals surface area contributed by atoms with Gasteiger partial charge in [0, 0.05) is 17.5 Å². The standard InChI is InChI=1S/C45H48O2P2/c1-26-13-9-17-36(30(26)5)40-24-48-44(42(40)38-19-11-15-28(3)32(38)7)46-34-21-22-35(23-34)47-45-43(39-20-12-16-29(4)33(39)8)41(25-49-45)37-18-10-14-27(2)31(37)6/h9-20,24-25,34-35,48-49H,21-23H2,1-8H3. The number of hydrogen-bond acceptors (Lipinski definition) is 2. The summed E-state index contributed by atoms with van der Waals surface area (Å²) in [5.41, 5.74) is 23.3. The van der Waals surface area contributed by atoms with Gasteiger partial charge in [-0.1, -0.05) is 89.2 Å². The molecule has 0 N–H and O–H groups in total. The Labute approximate surface area is 296 Å². The summed E-state index contributed by atoms with van der Waals surface area (Å²) in [7, 11) is 1.03. The van der Waals surface area contributed by atoms with Crippen molar-refractivity contribution in [3.63, 3.8) is 0 Å². The number of aryl methyl sites for hydroxylation is 4. The summed E-state index contributed by atoms with van der Waals surface area (Å²) < 4.78 is 14.1. The van der Waals surface area contributed by atoms with Crippen LogP contribution in [0.3, 0.4) is 0 Å². The third-order valence-corrected chi connectivity index (χ3v) is 13.3. The van der Waals surface area contributed by atoms with E-state index in [9.17, 15) is 0 Å². The summed E-state index contributed by atoms with van der Waals surface area (Å²) in [5, 5.41) is 0. The van der Waals surface area contributed by atoms with E-state index in [2.05, 4.69) is 140 Å². The maximum Gasteiger partial charge on any atom is 0.143 e. The highest BCUT2D eigenvalue weighted by Gasteiger charge is 2.31. The van der Waals surface area contributed by atoms with Gasteiger partial charge in [0.2, 0.25) is 0 Å². The second-order valence-electron chi connectivity index (χ2n) is 14.1. The Bertz CT molecular complexity index is 2010. The SMILES string of the molecule is Cc1cccc(-c2c[pH]c(OC3CCC(Oc4[pH]cc(-c5cccc(C)c5C)c4-c4cccc(C)c4C)C3)c2-c2cccc(C)c2C)c1C. The van der Waals surface area contributed by atoms with Crippen LogP contribution >= 0.6 is 16.4 Å². The first-order chi connectivity index (χ1) is 23.6. The first-order valence-corrected chi connectivity index (χ1v) is 19.8. The lowest BCUT2D eigenvalue weighted by molar-refractivity contribution is 0.173. The summed E-state index contributed by atoms with van der Waals surface area (Å²) in [6, 6.07) is 26.7. The number of benzene rings is 4. The fourth-order valence-corrected chi connectivity index (χ4v) is 9.98. The molecule has 1 aliphatic carbocycles. The molecule has 49 heavy (non-hydrogen) atoms. The van der Waals surface area contributed by atoms with E-state index in [0.29, 0.717) is 16.4 Å².